The van der Waals surface area contributed by atoms with Crippen molar-refractivity contribution in [1.29, 1.82) is 0 Å². The molecule has 2 aromatic carbocycles. The summed E-state index contributed by atoms with van der Waals surface area (Å²) in [5.41, 5.74) is 2.46. The van der Waals surface area contributed by atoms with Crippen LogP contribution in [0.25, 0.3) is 11.4 Å². The predicted molar refractivity (Wildman–Crippen MR) is 96.9 cm³/mol. The van der Waals surface area contributed by atoms with Crippen LogP contribution in [0.4, 0.5) is 0 Å². The van der Waals surface area contributed by atoms with Crippen LogP contribution in [0.3, 0.4) is 0 Å². The summed E-state index contributed by atoms with van der Waals surface area (Å²) >= 11 is 0. The van der Waals surface area contributed by atoms with E-state index in [9.17, 15) is 8.42 Å². The largest absolute Gasteiger partial charge is 0.496 e. The molecule has 0 amide bonds. The zero-order chi connectivity index (χ0) is 18.6. The van der Waals surface area contributed by atoms with Gasteiger partial charge in [0.2, 0.25) is 21.7 Å². The number of nitrogens with zero attached hydrogens (tertiary/aromatic N) is 2. The van der Waals surface area contributed by atoms with Crippen LogP contribution in [-0.2, 0) is 22.3 Å². The third-order valence-electron chi connectivity index (χ3n) is 3.74. The Morgan fingerprint density at radius 1 is 1.12 bits per heavy atom. The predicted octanol–water partition coefficient (Wildman–Crippen LogP) is 2.67. The molecular formula is C18H19N3O4S. The van der Waals surface area contributed by atoms with Crippen molar-refractivity contribution >= 4 is 10.0 Å². The Morgan fingerprint density at radius 2 is 1.85 bits per heavy atom. The molecule has 8 heteroatoms. The lowest BCUT2D eigenvalue weighted by molar-refractivity contribution is 0.375. The van der Waals surface area contributed by atoms with Gasteiger partial charge in [-0.15, -0.1) is 0 Å². The molecule has 0 atom stereocenters. The minimum atomic E-state index is -3.52. The monoisotopic (exact) mass is 373 g/mol. The number of rotatable bonds is 7. The third-order valence-corrected chi connectivity index (χ3v) is 5.03. The van der Waals surface area contributed by atoms with Gasteiger partial charge < -0.3 is 9.26 Å². The topological polar surface area (TPSA) is 94.3 Å². The molecule has 0 bridgehead atoms. The average molecular weight is 373 g/mol. The van der Waals surface area contributed by atoms with Gasteiger partial charge in [-0.1, -0.05) is 47.1 Å². The summed E-state index contributed by atoms with van der Waals surface area (Å²) in [4.78, 5) is 4.23. The van der Waals surface area contributed by atoms with Gasteiger partial charge in [-0.25, -0.2) is 13.1 Å². The Kier molecular flexibility index (Phi) is 5.34. The van der Waals surface area contributed by atoms with E-state index in [1.54, 1.807) is 31.4 Å². The molecule has 136 valence electrons. The van der Waals surface area contributed by atoms with E-state index in [2.05, 4.69) is 14.9 Å². The number of methoxy groups -OCH3 is 1. The molecule has 1 N–H and O–H groups in total. The van der Waals surface area contributed by atoms with Crippen molar-refractivity contribution in [3.63, 3.8) is 0 Å². The maximum Gasteiger partial charge on any atom is 0.242 e. The average Bonchev–Trinajstić information content (AvgIpc) is 3.11. The van der Waals surface area contributed by atoms with Gasteiger partial charge in [0.05, 0.1) is 25.0 Å². The molecule has 1 heterocycles. The van der Waals surface area contributed by atoms with Crippen LogP contribution < -0.4 is 9.46 Å². The van der Waals surface area contributed by atoms with Crippen molar-refractivity contribution in [3.8, 4) is 17.1 Å². The minimum absolute atomic E-state index is 0.0731. The number of hydrogen-bond acceptors (Lipinski definition) is 6. The summed E-state index contributed by atoms with van der Waals surface area (Å²) in [7, 11) is -1.96. The number of nitrogens with one attached hydrogen (secondary N) is 1. The van der Waals surface area contributed by atoms with E-state index < -0.39 is 10.0 Å². The molecule has 0 saturated heterocycles. The summed E-state index contributed by atoms with van der Waals surface area (Å²) in [6.45, 7) is 1.88. The van der Waals surface area contributed by atoms with Gasteiger partial charge in [-0.2, -0.15) is 4.98 Å². The summed E-state index contributed by atoms with van der Waals surface area (Å²) < 4.78 is 37.3. The standard InChI is InChI=1S/C18H19N3O4S/c1-13-7-9-14(10-8-13)12-26(22,23)19-11-17-20-18(21-25-17)15-5-3-4-6-16(15)24-2/h3-10,19H,11-12H2,1-2H3. The third kappa shape index (κ3) is 4.47. The molecule has 3 rings (SSSR count). The first-order valence-corrected chi connectivity index (χ1v) is 9.61. The quantitative estimate of drug-likeness (QED) is 0.684. The fraction of sp³-hybridized carbons (Fsp3) is 0.222. The Bertz CT molecular complexity index is 982. The maximum atomic E-state index is 12.2. The molecule has 1 aromatic heterocycles. The van der Waals surface area contributed by atoms with Crippen LogP contribution in [-0.4, -0.2) is 25.7 Å². The molecule has 0 aliphatic heterocycles. The van der Waals surface area contributed by atoms with E-state index >= 15 is 0 Å². The highest BCUT2D eigenvalue weighted by Gasteiger charge is 2.16. The van der Waals surface area contributed by atoms with Gasteiger partial charge in [0.25, 0.3) is 0 Å². The van der Waals surface area contributed by atoms with Gasteiger partial charge in [0.1, 0.15) is 5.75 Å². The summed E-state index contributed by atoms with van der Waals surface area (Å²) in [5.74, 6) is 1.02. The zero-order valence-corrected chi connectivity index (χ0v) is 15.3. The van der Waals surface area contributed by atoms with E-state index in [4.69, 9.17) is 9.26 Å². The highest BCUT2D eigenvalue weighted by Crippen LogP contribution is 2.26. The van der Waals surface area contributed by atoms with E-state index in [0.717, 1.165) is 5.56 Å². The first-order valence-electron chi connectivity index (χ1n) is 7.96. The molecule has 0 radical (unpaired) electrons. The lowest BCUT2D eigenvalue weighted by Gasteiger charge is -2.05. The second-order valence-electron chi connectivity index (χ2n) is 5.78. The summed E-state index contributed by atoms with van der Waals surface area (Å²) in [5, 5.41) is 3.89. The zero-order valence-electron chi connectivity index (χ0n) is 14.5. The molecule has 26 heavy (non-hydrogen) atoms. The van der Waals surface area contributed by atoms with Crippen LogP contribution in [0, 0.1) is 6.92 Å². The van der Waals surface area contributed by atoms with Crippen molar-refractivity contribution < 1.29 is 17.7 Å². The normalized spacial score (nSPS) is 11.5. The van der Waals surface area contributed by atoms with Crippen molar-refractivity contribution in [2.45, 2.75) is 19.2 Å². The molecule has 0 spiro atoms. The Labute approximate surface area is 152 Å². The maximum absolute atomic E-state index is 12.2. The molecule has 7 nitrogen and oxygen atoms in total. The lowest BCUT2D eigenvalue weighted by Crippen LogP contribution is -2.24. The number of benzene rings is 2. The first kappa shape index (κ1) is 18.1. The van der Waals surface area contributed by atoms with E-state index in [1.807, 2.05) is 31.2 Å². The van der Waals surface area contributed by atoms with Gasteiger partial charge >= 0.3 is 0 Å². The van der Waals surface area contributed by atoms with Crippen molar-refractivity contribution in [2.24, 2.45) is 0 Å². The summed E-state index contributed by atoms with van der Waals surface area (Å²) in [6, 6.07) is 14.6. The molecule has 0 aliphatic carbocycles. The van der Waals surface area contributed by atoms with Crippen molar-refractivity contribution in [2.75, 3.05) is 7.11 Å². The van der Waals surface area contributed by atoms with E-state index in [0.29, 0.717) is 22.7 Å². The number of aryl methyl sites for hydroxylation is 1. The number of aromatic nitrogens is 2. The van der Waals surface area contributed by atoms with Crippen molar-refractivity contribution in [3.05, 3.63) is 65.5 Å². The van der Waals surface area contributed by atoms with E-state index in [-0.39, 0.29) is 18.2 Å². The minimum Gasteiger partial charge on any atom is -0.496 e. The Balaban J connectivity index is 1.66. The Morgan fingerprint density at radius 3 is 2.58 bits per heavy atom. The SMILES string of the molecule is COc1ccccc1-c1noc(CNS(=O)(=O)Cc2ccc(C)cc2)n1. The van der Waals surface area contributed by atoms with Gasteiger partial charge in [-0.3, -0.25) is 0 Å². The molecular weight excluding hydrogens is 354 g/mol. The number of para-hydroxylation sites is 1. The molecule has 0 fully saturated rings. The van der Waals surface area contributed by atoms with Gasteiger partial charge in [-0.05, 0) is 24.6 Å². The van der Waals surface area contributed by atoms with Crippen LogP contribution in [0.1, 0.15) is 17.0 Å². The van der Waals surface area contributed by atoms with Crippen LogP contribution in [0.15, 0.2) is 53.1 Å². The fourth-order valence-electron chi connectivity index (χ4n) is 2.39. The number of ether oxygens (including phenoxy) is 1. The van der Waals surface area contributed by atoms with Gasteiger partial charge in [0, 0.05) is 0 Å². The highest BCUT2D eigenvalue weighted by atomic mass is 32.2. The fourth-order valence-corrected chi connectivity index (χ4v) is 3.47. The van der Waals surface area contributed by atoms with Crippen LogP contribution in [0.5, 0.6) is 5.75 Å². The Hall–Kier alpha value is -2.71. The highest BCUT2D eigenvalue weighted by molar-refractivity contribution is 7.88. The van der Waals surface area contributed by atoms with Crippen LogP contribution >= 0.6 is 0 Å². The number of hydrogen-bond donors (Lipinski definition) is 1. The van der Waals surface area contributed by atoms with Crippen LogP contribution in [0.2, 0.25) is 0 Å². The second kappa shape index (κ2) is 7.67. The van der Waals surface area contributed by atoms with Gasteiger partial charge in [0.15, 0.2) is 0 Å². The smallest absolute Gasteiger partial charge is 0.242 e. The molecule has 0 aliphatic rings. The lowest BCUT2D eigenvalue weighted by atomic mass is 10.2. The summed E-state index contributed by atoms with van der Waals surface area (Å²) in [6.07, 6.45) is 0. The number of sulfonamides is 1. The van der Waals surface area contributed by atoms with Crippen molar-refractivity contribution in [1.82, 2.24) is 14.9 Å². The second-order valence-corrected chi connectivity index (χ2v) is 7.58. The molecule has 0 saturated carbocycles. The molecule has 0 unspecified atom stereocenters. The first-order chi connectivity index (χ1) is 12.5. The molecule has 3 aromatic rings. The van der Waals surface area contributed by atoms with E-state index in [1.165, 1.54) is 0 Å².